The van der Waals surface area contributed by atoms with Gasteiger partial charge in [0, 0.05) is 15.5 Å². The lowest BCUT2D eigenvalue weighted by molar-refractivity contribution is -0.144. The number of halogens is 1. The summed E-state index contributed by atoms with van der Waals surface area (Å²) in [5.74, 6) is -0.206. The standard InChI is InChI=1S/C16H18BrNO2/c1-3-14(16(19)20-4-2)18-15-10-9-13(17)11-7-5-6-8-12(11)15/h5-10,14,18H,3-4H2,1-2H3. The summed E-state index contributed by atoms with van der Waals surface area (Å²) in [5, 5.41) is 5.50. The minimum absolute atomic E-state index is 0.206. The Hall–Kier alpha value is -1.55. The first-order valence-corrected chi connectivity index (χ1v) is 7.57. The third-order valence-corrected chi connectivity index (χ3v) is 3.87. The fourth-order valence-corrected chi connectivity index (χ4v) is 2.62. The fraction of sp³-hybridized carbons (Fsp3) is 0.312. The maximum absolute atomic E-state index is 11.9. The number of rotatable bonds is 5. The smallest absolute Gasteiger partial charge is 0.328 e. The van der Waals surface area contributed by atoms with Crippen LogP contribution >= 0.6 is 15.9 Å². The third kappa shape index (κ3) is 3.12. The Bertz CT molecular complexity index is 612. The molecule has 0 aliphatic rings. The van der Waals surface area contributed by atoms with Crippen molar-refractivity contribution in [2.24, 2.45) is 0 Å². The summed E-state index contributed by atoms with van der Waals surface area (Å²) in [6.45, 7) is 4.19. The second-order valence-corrected chi connectivity index (χ2v) is 5.35. The number of fused-ring (bicyclic) bond motifs is 1. The van der Waals surface area contributed by atoms with Gasteiger partial charge in [0.05, 0.1) is 6.61 Å². The highest BCUT2D eigenvalue weighted by atomic mass is 79.9. The van der Waals surface area contributed by atoms with Crippen molar-refractivity contribution < 1.29 is 9.53 Å². The van der Waals surface area contributed by atoms with Crippen LogP contribution in [0.3, 0.4) is 0 Å². The van der Waals surface area contributed by atoms with Crippen LogP contribution in [-0.4, -0.2) is 18.6 Å². The van der Waals surface area contributed by atoms with Crippen LogP contribution in [0.1, 0.15) is 20.3 Å². The highest BCUT2D eigenvalue weighted by Crippen LogP contribution is 2.30. The molecule has 0 spiro atoms. The van der Waals surface area contributed by atoms with E-state index in [2.05, 4.69) is 27.3 Å². The van der Waals surface area contributed by atoms with Gasteiger partial charge < -0.3 is 10.1 Å². The van der Waals surface area contributed by atoms with Crippen molar-refractivity contribution in [2.45, 2.75) is 26.3 Å². The zero-order valence-corrected chi connectivity index (χ0v) is 13.2. The molecule has 1 unspecified atom stereocenters. The number of esters is 1. The van der Waals surface area contributed by atoms with Crippen molar-refractivity contribution in [2.75, 3.05) is 11.9 Å². The SMILES string of the molecule is CCOC(=O)C(CC)Nc1ccc(Br)c2ccccc12. The topological polar surface area (TPSA) is 38.3 Å². The van der Waals surface area contributed by atoms with E-state index >= 15 is 0 Å². The number of benzene rings is 2. The first-order valence-electron chi connectivity index (χ1n) is 6.77. The largest absolute Gasteiger partial charge is 0.464 e. The summed E-state index contributed by atoms with van der Waals surface area (Å²) in [6.07, 6.45) is 0.684. The van der Waals surface area contributed by atoms with Crippen molar-refractivity contribution in [1.82, 2.24) is 0 Å². The maximum Gasteiger partial charge on any atom is 0.328 e. The minimum atomic E-state index is -0.320. The van der Waals surface area contributed by atoms with Gasteiger partial charge in [0.25, 0.3) is 0 Å². The monoisotopic (exact) mass is 335 g/mol. The molecule has 0 saturated heterocycles. The molecule has 0 bridgehead atoms. The van der Waals surface area contributed by atoms with E-state index in [1.165, 1.54) is 0 Å². The number of nitrogens with one attached hydrogen (secondary N) is 1. The van der Waals surface area contributed by atoms with E-state index in [1.807, 2.05) is 44.2 Å². The molecule has 1 atom stereocenters. The molecule has 20 heavy (non-hydrogen) atoms. The molecule has 0 fully saturated rings. The predicted octanol–water partition coefficient (Wildman–Crippen LogP) is 4.36. The van der Waals surface area contributed by atoms with Crippen LogP contribution in [0.15, 0.2) is 40.9 Å². The third-order valence-electron chi connectivity index (χ3n) is 3.18. The van der Waals surface area contributed by atoms with Crippen molar-refractivity contribution >= 4 is 38.4 Å². The van der Waals surface area contributed by atoms with E-state index in [4.69, 9.17) is 4.74 Å². The molecule has 4 heteroatoms. The second kappa shape index (κ2) is 6.75. The molecule has 1 N–H and O–H groups in total. The van der Waals surface area contributed by atoms with Gasteiger partial charge in [0.2, 0.25) is 0 Å². The molecule has 106 valence electrons. The molecule has 0 amide bonds. The quantitative estimate of drug-likeness (QED) is 0.825. The van der Waals surface area contributed by atoms with E-state index < -0.39 is 0 Å². The summed E-state index contributed by atoms with van der Waals surface area (Å²) in [5.41, 5.74) is 0.948. The van der Waals surface area contributed by atoms with Gasteiger partial charge in [-0.25, -0.2) is 4.79 Å². The number of carbonyl (C=O) groups excluding carboxylic acids is 1. The lowest BCUT2D eigenvalue weighted by atomic mass is 10.1. The molecule has 3 nitrogen and oxygen atoms in total. The molecule has 0 heterocycles. The minimum Gasteiger partial charge on any atom is -0.464 e. The maximum atomic E-state index is 11.9. The van der Waals surface area contributed by atoms with E-state index in [1.54, 1.807) is 0 Å². The number of hydrogen-bond donors (Lipinski definition) is 1. The summed E-state index contributed by atoms with van der Waals surface area (Å²) < 4.78 is 6.14. The lowest BCUT2D eigenvalue weighted by Crippen LogP contribution is -2.30. The Kier molecular flexibility index (Phi) is 5.01. The second-order valence-electron chi connectivity index (χ2n) is 4.50. The number of hydrogen-bond acceptors (Lipinski definition) is 3. The highest BCUT2D eigenvalue weighted by molar-refractivity contribution is 9.10. The van der Waals surface area contributed by atoms with Crippen LogP contribution < -0.4 is 5.32 Å². The van der Waals surface area contributed by atoms with E-state index in [0.29, 0.717) is 13.0 Å². The molecule has 0 radical (unpaired) electrons. The molecule has 2 rings (SSSR count). The zero-order chi connectivity index (χ0) is 14.5. The van der Waals surface area contributed by atoms with Crippen LogP contribution in [0.25, 0.3) is 10.8 Å². The summed E-state index contributed by atoms with van der Waals surface area (Å²) in [6, 6.07) is 11.7. The predicted molar refractivity (Wildman–Crippen MR) is 86.0 cm³/mol. The van der Waals surface area contributed by atoms with Crippen molar-refractivity contribution in [1.29, 1.82) is 0 Å². The molecule has 0 aliphatic carbocycles. The average molecular weight is 336 g/mol. The van der Waals surface area contributed by atoms with Crippen molar-refractivity contribution in [3.8, 4) is 0 Å². The molecular formula is C16H18BrNO2. The van der Waals surface area contributed by atoms with E-state index in [9.17, 15) is 4.79 Å². The van der Waals surface area contributed by atoms with Gasteiger partial charge >= 0.3 is 5.97 Å². The normalized spacial score (nSPS) is 12.2. The van der Waals surface area contributed by atoms with Gasteiger partial charge in [-0.3, -0.25) is 0 Å². The van der Waals surface area contributed by atoms with Gasteiger partial charge in [-0.15, -0.1) is 0 Å². The Morgan fingerprint density at radius 3 is 2.55 bits per heavy atom. The molecule has 2 aromatic carbocycles. The van der Waals surface area contributed by atoms with Gasteiger partial charge in [0.15, 0.2) is 0 Å². The van der Waals surface area contributed by atoms with E-state index in [-0.39, 0.29) is 12.0 Å². The van der Waals surface area contributed by atoms with Gasteiger partial charge in [-0.2, -0.15) is 0 Å². The van der Waals surface area contributed by atoms with Crippen molar-refractivity contribution in [3.63, 3.8) is 0 Å². The Balaban J connectivity index is 2.33. The highest BCUT2D eigenvalue weighted by Gasteiger charge is 2.18. The Morgan fingerprint density at radius 1 is 1.20 bits per heavy atom. The molecule has 0 aromatic heterocycles. The van der Waals surface area contributed by atoms with Crippen LogP contribution in [-0.2, 0) is 9.53 Å². The van der Waals surface area contributed by atoms with Crippen LogP contribution in [0.4, 0.5) is 5.69 Å². The molecule has 0 saturated carbocycles. The Labute approximate surface area is 127 Å². The van der Waals surface area contributed by atoms with Crippen LogP contribution in [0.2, 0.25) is 0 Å². The summed E-state index contributed by atoms with van der Waals surface area (Å²) in [7, 11) is 0. The molecule has 0 aliphatic heterocycles. The molecule has 2 aromatic rings. The first kappa shape index (κ1) is 14.9. The van der Waals surface area contributed by atoms with Crippen LogP contribution in [0.5, 0.6) is 0 Å². The van der Waals surface area contributed by atoms with Crippen LogP contribution in [0, 0.1) is 0 Å². The van der Waals surface area contributed by atoms with Gasteiger partial charge in [0.1, 0.15) is 6.04 Å². The molecular weight excluding hydrogens is 318 g/mol. The van der Waals surface area contributed by atoms with E-state index in [0.717, 1.165) is 20.9 Å². The number of ether oxygens (including phenoxy) is 1. The number of anilines is 1. The summed E-state index contributed by atoms with van der Waals surface area (Å²) in [4.78, 5) is 11.9. The fourth-order valence-electron chi connectivity index (χ4n) is 2.15. The summed E-state index contributed by atoms with van der Waals surface area (Å²) >= 11 is 3.55. The number of carbonyl (C=O) groups is 1. The lowest BCUT2D eigenvalue weighted by Gasteiger charge is -2.18. The zero-order valence-electron chi connectivity index (χ0n) is 11.7. The van der Waals surface area contributed by atoms with Gasteiger partial charge in [-0.1, -0.05) is 47.1 Å². The average Bonchev–Trinajstić information content (AvgIpc) is 2.47. The van der Waals surface area contributed by atoms with Gasteiger partial charge in [-0.05, 0) is 30.9 Å². The first-order chi connectivity index (χ1) is 9.67. The Morgan fingerprint density at radius 2 is 1.90 bits per heavy atom. The van der Waals surface area contributed by atoms with Crippen molar-refractivity contribution in [3.05, 3.63) is 40.9 Å².